The van der Waals surface area contributed by atoms with Crippen LogP contribution in [0.3, 0.4) is 0 Å². The molecule has 0 fully saturated rings. The van der Waals surface area contributed by atoms with E-state index in [0.717, 1.165) is 11.1 Å². The Morgan fingerprint density at radius 1 is 0.733 bits per heavy atom. The van der Waals surface area contributed by atoms with Crippen molar-refractivity contribution in [3.05, 3.63) is 122 Å². The molecule has 0 heterocycles. The molecule has 2 amide bonds. The molecule has 0 radical (unpaired) electrons. The molecule has 0 aromatic heterocycles. The molecule has 3 N–H and O–H groups in total. The third-order valence-corrected chi connectivity index (χ3v) is 8.15. The minimum Gasteiger partial charge on any atom is -0.478 e. The molecule has 0 aliphatic rings. The van der Waals surface area contributed by atoms with Crippen LogP contribution < -0.4 is 15.4 Å². The van der Waals surface area contributed by atoms with E-state index in [1.54, 1.807) is 52.0 Å². The molecule has 0 saturated carbocycles. The van der Waals surface area contributed by atoms with Crippen molar-refractivity contribution < 1.29 is 37.4 Å². The molecule has 234 valence electrons. The van der Waals surface area contributed by atoms with E-state index in [9.17, 15) is 32.7 Å². The van der Waals surface area contributed by atoms with Crippen LogP contribution in [0.4, 0.5) is 18.9 Å². The topological polar surface area (TPSA) is 105 Å². The molecule has 0 aliphatic carbocycles. The van der Waals surface area contributed by atoms with Crippen molar-refractivity contribution in [3.63, 3.8) is 0 Å². The molecule has 4 aromatic rings. The van der Waals surface area contributed by atoms with Gasteiger partial charge in [-0.2, -0.15) is 13.2 Å². The van der Waals surface area contributed by atoms with E-state index < -0.39 is 24.0 Å². The number of ether oxygens (including phenoxy) is 1. The van der Waals surface area contributed by atoms with Crippen LogP contribution in [-0.4, -0.2) is 36.1 Å². The number of aryl methyl sites for hydroxylation is 1. The van der Waals surface area contributed by atoms with Crippen LogP contribution in [0.5, 0.6) is 11.5 Å². The van der Waals surface area contributed by atoms with Gasteiger partial charge in [0.25, 0.3) is 11.8 Å². The molecule has 0 bridgehead atoms. The summed E-state index contributed by atoms with van der Waals surface area (Å²) in [6.07, 6.45) is -4.58. The fraction of sp³-hybridized carbons (Fsp3) is 0.229. The minimum atomic E-state index is -4.58. The average Bonchev–Trinajstić information content (AvgIpc) is 2.99. The van der Waals surface area contributed by atoms with Crippen molar-refractivity contribution in [1.82, 2.24) is 5.32 Å². The SMILES string of the molecule is CNC(=O)c1cccc(Oc2ccc(C(=O)O)c(C(=O)Nc3ccc(C(c4ccc(C)c(C)c4C)C(F)(F)F)c(C)c3C)c2)c1. The number of nitrogens with one attached hydrogen (secondary N) is 2. The van der Waals surface area contributed by atoms with Gasteiger partial charge in [-0.3, -0.25) is 9.59 Å². The van der Waals surface area contributed by atoms with Gasteiger partial charge in [0.05, 0.1) is 11.1 Å². The Balaban J connectivity index is 1.69. The highest BCUT2D eigenvalue weighted by atomic mass is 19.4. The van der Waals surface area contributed by atoms with E-state index in [1.807, 2.05) is 6.92 Å². The van der Waals surface area contributed by atoms with Crippen LogP contribution in [0.1, 0.15) is 75.9 Å². The summed E-state index contributed by atoms with van der Waals surface area (Å²) in [6.45, 7) is 8.51. The van der Waals surface area contributed by atoms with Crippen molar-refractivity contribution in [1.29, 1.82) is 0 Å². The fourth-order valence-electron chi connectivity index (χ4n) is 5.23. The van der Waals surface area contributed by atoms with E-state index >= 15 is 0 Å². The Bertz CT molecular complexity index is 1810. The van der Waals surface area contributed by atoms with Crippen molar-refractivity contribution in [2.24, 2.45) is 0 Å². The summed E-state index contributed by atoms with van der Waals surface area (Å²) in [5, 5.41) is 14.9. The lowest BCUT2D eigenvalue weighted by Gasteiger charge is -2.27. The Kier molecular flexibility index (Phi) is 9.37. The normalized spacial score (nSPS) is 11.9. The predicted molar refractivity (Wildman–Crippen MR) is 166 cm³/mol. The first-order chi connectivity index (χ1) is 21.1. The number of alkyl halides is 3. The second-order valence-corrected chi connectivity index (χ2v) is 10.8. The maximum atomic E-state index is 14.6. The van der Waals surface area contributed by atoms with Gasteiger partial charge in [-0.15, -0.1) is 0 Å². The molecule has 7 nitrogen and oxygen atoms in total. The van der Waals surface area contributed by atoms with Gasteiger partial charge in [-0.05, 0) is 116 Å². The quantitative estimate of drug-likeness (QED) is 0.186. The van der Waals surface area contributed by atoms with Crippen molar-refractivity contribution in [3.8, 4) is 11.5 Å². The number of carboxylic acid groups (broad SMARTS) is 1. The van der Waals surface area contributed by atoms with Gasteiger partial charge in [0.1, 0.15) is 17.4 Å². The number of halogens is 3. The molecule has 1 atom stereocenters. The van der Waals surface area contributed by atoms with E-state index in [0.29, 0.717) is 22.3 Å². The summed E-state index contributed by atoms with van der Waals surface area (Å²) in [6, 6.07) is 16.1. The number of carboxylic acids is 1. The maximum Gasteiger partial charge on any atom is 0.399 e. The van der Waals surface area contributed by atoms with Crippen LogP contribution in [0, 0.1) is 34.6 Å². The highest BCUT2D eigenvalue weighted by molar-refractivity contribution is 6.11. The van der Waals surface area contributed by atoms with E-state index in [2.05, 4.69) is 10.6 Å². The Morgan fingerprint density at radius 2 is 1.36 bits per heavy atom. The zero-order valence-corrected chi connectivity index (χ0v) is 25.6. The van der Waals surface area contributed by atoms with Gasteiger partial charge >= 0.3 is 12.1 Å². The number of amides is 2. The third kappa shape index (κ3) is 6.85. The summed E-state index contributed by atoms with van der Waals surface area (Å²) < 4.78 is 49.6. The summed E-state index contributed by atoms with van der Waals surface area (Å²) >= 11 is 0. The standard InChI is InChI=1S/C35H33F3N2O5/c1-18-10-12-26(20(3)19(18)2)31(35(36,37)38)27-14-15-30(22(5)21(27)4)40-33(42)29-17-25(11-13-28(29)34(43)44)45-24-9-7-8-23(16-24)32(41)39-6/h7-17,31H,1-6H3,(H,39,41)(H,40,42)(H,43,44). The van der Waals surface area contributed by atoms with E-state index in [1.165, 1.54) is 49.5 Å². The van der Waals surface area contributed by atoms with Crippen molar-refractivity contribution in [2.45, 2.75) is 46.7 Å². The van der Waals surface area contributed by atoms with Gasteiger partial charge in [0.2, 0.25) is 0 Å². The van der Waals surface area contributed by atoms with Gasteiger partial charge < -0.3 is 20.5 Å². The molecule has 10 heteroatoms. The van der Waals surface area contributed by atoms with Crippen molar-refractivity contribution >= 4 is 23.5 Å². The smallest absolute Gasteiger partial charge is 0.399 e. The van der Waals surface area contributed by atoms with Crippen LogP contribution >= 0.6 is 0 Å². The number of carbonyl (C=O) groups is 3. The second-order valence-electron chi connectivity index (χ2n) is 10.8. The zero-order valence-electron chi connectivity index (χ0n) is 25.6. The Labute approximate surface area is 259 Å². The summed E-state index contributed by atoms with van der Waals surface area (Å²) in [5.41, 5.74) is 3.29. The first-order valence-electron chi connectivity index (χ1n) is 14.1. The number of benzene rings is 4. The third-order valence-electron chi connectivity index (χ3n) is 8.15. The lowest BCUT2D eigenvalue weighted by Crippen LogP contribution is -2.24. The van der Waals surface area contributed by atoms with E-state index in [-0.39, 0.29) is 45.3 Å². The fourth-order valence-corrected chi connectivity index (χ4v) is 5.23. The molecular weight excluding hydrogens is 585 g/mol. The monoisotopic (exact) mass is 618 g/mol. The molecule has 0 spiro atoms. The number of hydrogen-bond donors (Lipinski definition) is 3. The summed E-state index contributed by atoms with van der Waals surface area (Å²) in [4.78, 5) is 37.4. The number of rotatable bonds is 8. The number of hydrogen-bond acceptors (Lipinski definition) is 4. The number of anilines is 1. The summed E-state index contributed by atoms with van der Waals surface area (Å²) in [5.74, 6) is -3.93. The molecular formula is C35H33F3N2O5. The van der Waals surface area contributed by atoms with Crippen LogP contribution in [0.15, 0.2) is 66.7 Å². The largest absolute Gasteiger partial charge is 0.478 e. The van der Waals surface area contributed by atoms with E-state index in [4.69, 9.17) is 4.74 Å². The molecule has 45 heavy (non-hydrogen) atoms. The van der Waals surface area contributed by atoms with Crippen LogP contribution in [-0.2, 0) is 0 Å². The molecule has 1 unspecified atom stereocenters. The minimum absolute atomic E-state index is 0.0601. The zero-order chi connectivity index (χ0) is 33.2. The predicted octanol–water partition coefficient (Wildman–Crippen LogP) is 8.03. The lowest BCUT2D eigenvalue weighted by molar-refractivity contribution is -0.141. The average molecular weight is 619 g/mol. The van der Waals surface area contributed by atoms with Gasteiger partial charge in [0, 0.05) is 18.3 Å². The number of aromatic carboxylic acids is 1. The number of carbonyl (C=O) groups excluding carboxylic acids is 2. The Hall–Kier alpha value is -5.12. The first-order valence-corrected chi connectivity index (χ1v) is 14.1. The first kappa shape index (κ1) is 32.8. The molecule has 4 rings (SSSR count). The Morgan fingerprint density at radius 3 is 1.98 bits per heavy atom. The highest BCUT2D eigenvalue weighted by Gasteiger charge is 2.43. The van der Waals surface area contributed by atoms with Gasteiger partial charge in [-0.1, -0.05) is 24.3 Å². The highest BCUT2D eigenvalue weighted by Crippen LogP contribution is 2.44. The van der Waals surface area contributed by atoms with Crippen LogP contribution in [0.25, 0.3) is 0 Å². The van der Waals surface area contributed by atoms with Gasteiger partial charge in [0.15, 0.2) is 0 Å². The van der Waals surface area contributed by atoms with Gasteiger partial charge in [-0.25, -0.2) is 4.79 Å². The molecule has 0 saturated heterocycles. The second kappa shape index (κ2) is 12.9. The lowest BCUT2D eigenvalue weighted by atomic mass is 9.82. The summed E-state index contributed by atoms with van der Waals surface area (Å²) in [7, 11) is 1.49. The molecule has 0 aliphatic heterocycles. The maximum absolute atomic E-state index is 14.6. The molecule has 4 aromatic carbocycles. The van der Waals surface area contributed by atoms with Crippen LogP contribution in [0.2, 0.25) is 0 Å². The van der Waals surface area contributed by atoms with Crippen molar-refractivity contribution in [2.75, 3.05) is 12.4 Å².